The molecule has 0 aliphatic heterocycles. The highest BCUT2D eigenvalue weighted by Gasteiger charge is 2.01. The molecule has 2 heteroatoms. The average molecular weight is 230 g/mol. The van der Waals surface area contributed by atoms with Gasteiger partial charge in [0.15, 0.2) is 0 Å². The zero-order valence-electron chi connectivity index (χ0n) is 10.7. The highest BCUT2D eigenvalue weighted by molar-refractivity contribution is 5.74. The van der Waals surface area contributed by atoms with E-state index < -0.39 is 0 Å². The molecule has 2 aromatic rings. The number of aromatic amines is 1. The van der Waals surface area contributed by atoms with Crippen molar-refractivity contribution in [2.24, 2.45) is 0 Å². The number of nitrogens with zero attached hydrogens (tertiary/aromatic N) is 1. The predicted molar refractivity (Wildman–Crippen MR) is 73.2 cm³/mol. The monoisotopic (exact) mass is 230 g/mol. The molecule has 1 N–H and O–H groups in total. The van der Waals surface area contributed by atoms with E-state index in [-0.39, 0.29) is 0 Å². The van der Waals surface area contributed by atoms with Crippen molar-refractivity contribution in [3.05, 3.63) is 30.1 Å². The molecule has 0 atom stereocenters. The molecule has 0 saturated carbocycles. The van der Waals surface area contributed by atoms with Crippen LogP contribution in [0.15, 0.2) is 24.3 Å². The van der Waals surface area contributed by atoms with Gasteiger partial charge in [-0.15, -0.1) is 0 Å². The van der Waals surface area contributed by atoms with Crippen molar-refractivity contribution in [1.29, 1.82) is 0 Å². The van der Waals surface area contributed by atoms with Crippen LogP contribution in [0.1, 0.15) is 51.3 Å². The summed E-state index contributed by atoms with van der Waals surface area (Å²) in [6.07, 6.45) is 9.13. The standard InChI is InChI=1S/C15H22N2/c1-2-3-4-5-6-7-12-15-16-13-10-8-9-11-14(13)17-15/h8-11H,2-7,12H2,1H3,(H,16,17). The van der Waals surface area contributed by atoms with Crippen molar-refractivity contribution in [2.75, 3.05) is 0 Å². The van der Waals surface area contributed by atoms with E-state index in [0.717, 1.165) is 23.3 Å². The van der Waals surface area contributed by atoms with E-state index in [1.807, 2.05) is 6.07 Å². The summed E-state index contributed by atoms with van der Waals surface area (Å²) in [5.41, 5.74) is 2.25. The Bertz CT molecular complexity index is 412. The molecule has 0 fully saturated rings. The number of nitrogens with one attached hydrogen (secondary N) is 1. The lowest BCUT2D eigenvalue weighted by Gasteiger charge is -1.98. The molecule has 0 aliphatic carbocycles. The van der Waals surface area contributed by atoms with Gasteiger partial charge in [-0.05, 0) is 18.6 Å². The molecule has 0 aliphatic rings. The minimum atomic E-state index is 1.08. The maximum absolute atomic E-state index is 4.59. The van der Waals surface area contributed by atoms with Crippen LogP contribution in [0.25, 0.3) is 11.0 Å². The van der Waals surface area contributed by atoms with Crippen LogP contribution in [-0.4, -0.2) is 9.97 Å². The molecule has 2 rings (SSSR count). The SMILES string of the molecule is CCCCCCCCc1nc2ccccc2[nH]1. The molecule has 0 spiro atoms. The molecule has 1 aromatic heterocycles. The molecule has 1 aromatic carbocycles. The molecule has 2 nitrogen and oxygen atoms in total. The second kappa shape index (κ2) is 6.43. The summed E-state index contributed by atoms with van der Waals surface area (Å²) < 4.78 is 0. The van der Waals surface area contributed by atoms with E-state index >= 15 is 0 Å². The normalized spacial score (nSPS) is 11.1. The van der Waals surface area contributed by atoms with Gasteiger partial charge >= 0.3 is 0 Å². The number of benzene rings is 1. The Labute approximate surface area is 103 Å². The smallest absolute Gasteiger partial charge is 0.107 e. The highest BCUT2D eigenvalue weighted by atomic mass is 14.9. The quantitative estimate of drug-likeness (QED) is 0.699. The molecular formula is C15H22N2. The van der Waals surface area contributed by atoms with E-state index in [4.69, 9.17) is 0 Å². The predicted octanol–water partition coefficient (Wildman–Crippen LogP) is 4.47. The summed E-state index contributed by atoms with van der Waals surface area (Å²) >= 11 is 0. The summed E-state index contributed by atoms with van der Waals surface area (Å²) in [6, 6.07) is 8.25. The molecule has 0 amide bonds. The van der Waals surface area contributed by atoms with Gasteiger partial charge in [0.05, 0.1) is 11.0 Å². The van der Waals surface area contributed by atoms with Gasteiger partial charge in [-0.1, -0.05) is 51.2 Å². The second-order valence-electron chi connectivity index (χ2n) is 4.72. The molecule has 17 heavy (non-hydrogen) atoms. The number of hydrogen-bond acceptors (Lipinski definition) is 1. The van der Waals surface area contributed by atoms with Crippen molar-refractivity contribution in [1.82, 2.24) is 9.97 Å². The van der Waals surface area contributed by atoms with Crippen molar-refractivity contribution >= 4 is 11.0 Å². The van der Waals surface area contributed by atoms with Crippen LogP contribution in [0.4, 0.5) is 0 Å². The molecule has 92 valence electrons. The summed E-state index contributed by atoms with van der Waals surface area (Å²) in [5.74, 6) is 1.14. The number of aromatic nitrogens is 2. The minimum Gasteiger partial charge on any atom is -0.342 e. The minimum absolute atomic E-state index is 1.08. The molecular weight excluding hydrogens is 208 g/mol. The summed E-state index contributed by atoms with van der Waals surface area (Å²) in [5, 5.41) is 0. The average Bonchev–Trinajstić information content (AvgIpc) is 2.76. The van der Waals surface area contributed by atoms with E-state index in [1.165, 1.54) is 38.5 Å². The van der Waals surface area contributed by atoms with E-state index in [1.54, 1.807) is 0 Å². The topological polar surface area (TPSA) is 28.7 Å². The second-order valence-corrected chi connectivity index (χ2v) is 4.72. The van der Waals surface area contributed by atoms with Crippen LogP contribution < -0.4 is 0 Å². The lowest BCUT2D eigenvalue weighted by molar-refractivity contribution is 0.602. The number of hydrogen-bond donors (Lipinski definition) is 1. The Morgan fingerprint density at radius 2 is 1.76 bits per heavy atom. The molecule has 0 saturated heterocycles. The maximum atomic E-state index is 4.59. The molecule has 1 heterocycles. The number of fused-ring (bicyclic) bond motifs is 1. The summed E-state index contributed by atoms with van der Waals surface area (Å²) in [6.45, 7) is 2.26. The van der Waals surface area contributed by atoms with Crippen LogP contribution in [0, 0.1) is 0 Å². The van der Waals surface area contributed by atoms with Gasteiger partial charge in [0, 0.05) is 6.42 Å². The number of imidazole rings is 1. The first kappa shape index (κ1) is 12.2. The largest absolute Gasteiger partial charge is 0.342 e. The molecule has 0 unspecified atom stereocenters. The van der Waals surface area contributed by atoms with Crippen LogP contribution in [0.2, 0.25) is 0 Å². The van der Waals surface area contributed by atoms with Crippen LogP contribution in [0.5, 0.6) is 0 Å². The first-order chi connectivity index (χ1) is 8.40. The van der Waals surface area contributed by atoms with Crippen molar-refractivity contribution in [2.45, 2.75) is 51.9 Å². The highest BCUT2D eigenvalue weighted by Crippen LogP contribution is 2.13. The van der Waals surface area contributed by atoms with Crippen molar-refractivity contribution in [3.8, 4) is 0 Å². The first-order valence-electron chi connectivity index (χ1n) is 6.84. The Balaban J connectivity index is 1.75. The lowest BCUT2D eigenvalue weighted by Crippen LogP contribution is -1.88. The maximum Gasteiger partial charge on any atom is 0.107 e. The van der Waals surface area contributed by atoms with Crippen molar-refractivity contribution in [3.63, 3.8) is 0 Å². The third kappa shape index (κ3) is 3.58. The first-order valence-corrected chi connectivity index (χ1v) is 6.84. The van der Waals surface area contributed by atoms with Crippen molar-refractivity contribution < 1.29 is 0 Å². The Morgan fingerprint density at radius 3 is 2.59 bits per heavy atom. The third-order valence-electron chi connectivity index (χ3n) is 3.21. The Hall–Kier alpha value is -1.31. The zero-order chi connectivity index (χ0) is 11.9. The number of rotatable bonds is 7. The van der Waals surface area contributed by atoms with Gasteiger partial charge < -0.3 is 4.98 Å². The van der Waals surface area contributed by atoms with E-state index in [9.17, 15) is 0 Å². The van der Waals surface area contributed by atoms with Gasteiger partial charge in [-0.3, -0.25) is 0 Å². The fourth-order valence-corrected chi connectivity index (χ4v) is 2.20. The summed E-state index contributed by atoms with van der Waals surface area (Å²) in [7, 11) is 0. The molecule has 0 radical (unpaired) electrons. The van der Waals surface area contributed by atoms with Gasteiger partial charge in [0.25, 0.3) is 0 Å². The number of para-hydroxylation sites is 2. The number of H-pyrrole nitrogens is 1. The van der Waals surface area contributed by atoms with Gasteiger partial charge in [-0.2, -0.15) is 0 Å². The third-order valence-corrected chi connectivity index (χ3v) is 3.21. The Kier molecular flexibility index (Phi) is 4.60. The van der Waals surface area contributed by atoms with Crippen LogP contribution in [-0.2, 0) is 6.42 Å². The zero-order valence-corrected chi connectivity index (χ0v) is 10.7. The van der Waals surface area contributed by atoms with Gasteiger partial charge in [-0.25, -0.2) is 4.98 Å². The summed E-state index contributed by atoms with van der Waals surface area (Å²) in [4.78, 5) is 7.98. The fraction of sp³-hybridized carbons (Fsp3) is 0.533. The lowest BCUT2D eigenvalue weighted by atomic mass is 10.1. The van der Waals surface area contributed by atoms with Gasteiger partial charge in [0.2, 0.25) is 0 Å². The van der Waals surface area contributed by atoms with Gasteiger partial charge in [0.1, 0.15) is 5.82 Å². The van der Waals surface area contributed by atoms with E-state index in [2.05, 4.69) is 35.1 Å². The van der Waals surface area contributed by atoms with Crippen LogP contribution in [0.3, 0.4) is 0 Å². The van der Waals surface area contributed by atoms with Crippen LogP contribution >= 0.6 is 0 Å². The fourth-order valence-electron chi connectivity index (χ4n) is 2.20. The van der Waals surface area contributed by atoms with E-state index in [0.29, 0.717) is 0 Å². The molecule has 0 bridgehead atoms. The number of unbranched alkanes of at least 4 members (excludes halogenated alkanes) is 5. The Morgan fingerprint density at radius 1 is 1.00 bits per heavy atom. The number of aryl methyl sites for hydroxylation is 1.